The molecule has 0 aliphatic heterocycles. The maximum atomic E-state index is 10.9. The molecule has 1 rings (SSSR count). The molecule has 0 aromatic carbocycles. The van der Waals surface area contributed by atoms with Crippen molar-refractivity contribution in [2.24, 2.45) is 0 Å². The van der Waals surface area contributed by atoms with Crippen LogP contribution in [0.5, 0.6) is 0 Å². The number of amides is 1. The lowest BCUT2D eigenvalue weighted by Gasteiger charge is -2.05. The Morgan fingerprint density at radius 2 is 2.40 bits per heavy atom. The molecule has 15 heavy (non-hydrogen) atoms. The van der Waals surface area contributed by atoms with Crippen LogP contribution in [0.2, 0.25) is 0 Å². The van der Waals surface area contributed by atoms with Crippen molar-refractivity contribution in [3.8, 4) is 0 Å². The zero-order valence-electron chi connectivity index (χ0n) is 8.79. The third-order valence-corrected chi connectivity index (χ3v) is 1.73. The number of ether oxygens (including phenoxy) is 1. The van der Waals surface area contributed by atoms with Crippen molar-refractivity contribution in [3.63, 3.8) is 0 Å². The normalized spacial score (nSPS) is 9.93. The molecule has 0 aliphatic carbocycles. The summed E-state index contributed by atoms with van der Waals surface area (Å²) >= 11 is 0. The molecular formula is C10H16N2O3. The average Bonchev–Trinajstić information content (AvgIpc) is 2.70. The summed E-state index contributed by atoms with van der Waals surface area (Å²) in [6, 6.07) is 3.74. The van der Waals surface area contributed by atoms with Crippen LogP contribution in [0.15, 0.2) is 22.8 Å². The summed E-state index contributed by atoms with van der Waals surface area (Å²) in [5, 5.41) is 5.73. The molecule has 1 aromatic rings. The van der Waals surface area contributed by atoms with Crippen molar-refractivity contribution in [1.29, 1.82) is 0 Å². The number of rotatable bonds is 6. The van der Waals surface area contributed by atoms with Gasteiger partial charge >= 0.3 is 6.09 Å². The summed E-state index contributed by atoms with van der Waals surface area (Å²) < 4.78 is 9.82. The summed E-state index contributed by atoms with van der Waals surface area (Å²) in [7, 11) is 0. The van der Waals surface area contributed by atoms with Crippen molar-refractivity contribution in [2.75, 3.05) is 19.7 Å². The molecule has 0 saturated heterocycles. The minimum Gasteiger partial charge on any atom is -0.468 e. The van der Waals surface area contributed by atoms with Crippen molar-refractivity contribution < 1.29 is 13.9 Å². The number of furan rings is 1. The minimum atomic E-state index is -0.378. The van der Waals surface area contributed by atoms with Gasteiger partial charge < -0.3 is 19.8 Å². The van der Waals surface area contributed by atoms with Crippen LogP contribution in [0.1, 0.15) is 12.7 Å². The average molecular weight is 212 g/mol. The number of carbonyl (C=O) groups is 1. The summed E-state index contributed by atoms with van der Waals surface area (Å²) in [4.78, 5) is 10.9. The second-order valence-corrected chi connectivity index (χ2v) is 2.90. The summed E-state index contributed by atoms with van der Waals surface area (Å²) in [5.74, 6) is 0.881. The highest BCUT2D eigenvalue weighted by Crippen LogP contribution is 1.97. The Morgan fingerprint density at radius 3 is 3.07 bits per heavy atom. The van der Waals surface area contributed by atoms with Crippen molar-refractivity contribution in [2.45, 2.75) is 13.5 Å². The van der Waals surface area contributed by atoms with Gasteiger partial charge in [0.15, 0.2) is 0 Å². The molecule has 5 nitrogen and oxygen atoms in total. The predicted octanol–water partition coefficient (Wildman–Crippen LogP) is 1.12. The van der Waals surface area contributed by atoms with Gasteiger partial charge in [0.05, 0.1) is 19.4 Å². The zero-order chi connectivity index (χ0) is 10.9. The van der Waals surface area contributed by atoms with Crippen LogP contribution in [0, 0.1) is 0 Å². The molecule has 1 heterocycles. The van der Waals surface area contributed by atoms with E-state index in [1.165, 1.54) is 0 Å². The van der Waals surface area contributed by atoms with Crippen LogP contribution in [-0.4, -0.2) is 25.8 Å². The Balaban J connectivity index is 1.95. The van der Waals surface area contributed by atoms with E-state index in [0.29, 0.717) is 26.2 Å². The first kappa shape index (κ1) is 11.6. The lowest BCUT2D eigenvalue weighted by atomic mass is 10.4. The molecule has 0 bridgehead atoms. The first-order chi connectivity index (χ1) is 7.33. The predicted molar refractivity (Wildman–Crippen MR) is 55.4 cm³/mol. The van der Waals surface area contributed by atoms with E-state index in [1.807, 2.05) is 12.1 Å². The lowest BCUT2D eigenvalue weighted by molar-refractivity contribution is 0.152. The Labute approximate surface area is 88.8 Å². The third-order valence-electron chi connectivity index (χ3n) is 1.73. The van der Waals surface area contributed by atoms with Crippen LogP contribution >= 0.6 is 0 Å². The minimum absolute atomic E-state index is 0.378. The SMILES string of the molecule is CCOC(=O)NCCNCc1ccco1. The van der Waals surface area contributed by atoms with E-state index in [-0.39, 0.29) is 6.09 Å². The van der Waals surface area contributed by atoms with Gasteiger partial charge in [-0.05, 0) is 19.1 Å². The molecule has 5 heteroatoms. The van der Waals surface area contributed by atoms with Crippen LogP contribution < -0.4 is 10.6 Å². The third kappa shape index (κ3) is 5.07. The molecule has 1 aromatic heterocycles. The first-order valence-electron chi connectivity index (χ1n) is 4.96. The molecule has 0 aliphatic rings. The molecule has 0 saturated carbocycles. The number of nitrogens with one attached hydrogen (secondary N) is 2. The van der Waals surface area contributed by atoms with Gasteiger partial charge in [0, 0.05) is 13.1 Å². The summed E-state index contributed by atoms with van der Waals surface area (Å²) in [6.45, 7) is 4.05. The van der Waals surface area contributed by atoms with E-state index in [4.69, 9.17) is 9.15 Å². The second-order valence-electron chi connectivity index (χ2n) is 2.90. The van der Waals surface area contributed by atoms with Gasteiger partial charge in [-0.15, -0.1) is 0 Å². The topological polar surface area (TPSA) is 63.5 Å². The standard InChI is InChI=1S/C10H16N2O3/c1-2-14-10(13)12-6-5-11-8-9-4-3-7-15-9/h3-4,7,11H,2,5-6,8H2,1H3,(H,12,13). The summed E-state index contributed by atoms with van der Waals surface area (Å²) in [6.07, 6.45) is 1.26. The Kier molecular flexibility index (Phi) is 5.32. The van der Waals surface area contributed by atoms with E-state index in [2.05, 4.69) is 10.6 Å². The molecule has 0 fully saturated rings. The second kappa shape index (κ2) is 6.89. The van der Waals surface area contributed by atoms with Crippen LogP contribution in [0.4, 0.5) is 4.79 Å². The van der Waals surface area contributed by atoms with E-state index in [0.717, 1.165) is 5.76 Å². The molecular weight excluding hydrogens is 196 g/mol. The molecule has 2 N–H and O–H groups in total. The van der Waals surface area contributed by atoms with Gasteiger partial charge in [-0.25, -0.2) is 4.79 Å². The highest BCUT2D eigenvalue weighted by molar-refractivity contribution is 5.66. The van der Waals surface area contributed by atoms with E-state index >= 15 is 0 Å². The largest absolute Gasteiger partial charge is 0.468 e. The Hall–Kier alpha value is -1.49. The van der Waals surface area contributed by atoms with E-state index < -0.39 is 0 Å². The zero-order valence-corrected chi connectivity index (χ0v) is 8.79. The van der Waals surface area contributed by atoms with E-state index in [1.54, 1.807) is 13.2 Å². The Morgan fingerprint density at radius 1 is 1.53 bits per heavy atom. The van der Waals surface area contributed by atoms with Crippen LogP contribution in [-0.2, 0) is 11.3 Å². The van der Waals surface area contributed by atoms with Crippen LogP contribution in [0.25, 0.3) is 0 Å². The number of alkyl carbamates (subject to hydrolysis) is 1. The molecule has 0 radical (unpaired) electrons. The number of carbonyl (C=O) groups excluding carboxylic acids is 1. The maximum absolute atomic E-state index is 10.9. The Bertz CT molecular complexity index is 272. The first-order valence-corrected chi connectivity index (χ1v) is 4.96. The van der Waals surface area contributed by atoms with Gasteiger partial charge in [-0.2, -0.15) is 0 Å². The van der Waals surface area contributed by atoms with Crippen LogP contribution in [0.3, 0.4) is 0 Å². The fourth-order valence-electron chi connectivity index (χ4n) is 1.06. The molecule has 1 amide bonds. The highest BCUT2D eigenvalue weighted by atomic mass is 16.5. The molecule has 0 unspecified atom stereocenters. The fraction of sp³-hybridized carbons (Fsp3) is 0.500. The van der Waals surface area contributed by atoms with Gasteiger partial charge in [0.25, 0.3) is 0 Å². The van der Waals surface area contributed by atoms with Gasteiger partial charge in [0.1, 0.15) is 5.76 Å². The maximum Gasteiger partial charge on any atom is 0.407 e. The lowest BCUT2D eigenvalue weighted by Crippen LogP contribution is -2.31. The molecule has 84 valence electrons. The van der Waals surface area contributed by atoms with Gasteiger partial charge in [0.2, 0.25) is 0 Å². The smallest absolute Gasteiger partial charge is 0.407 e. The molecule has 0 spiro atoms. The van der Waals surface area contributed by atoms with Crippen molar-refractivity contribution in [3.05, 3.63) is 24.2 Å². The van der Waals surface area contributed by atoms with Gasteiger partial charge in [-0.3, -0.25) is 0 Å². The van der Waals surface area contributed by atoms with Crippen molar-refractivity contribution >= 4 is 6.09 Å². The highest BCUT2D eigenvalue weighted by Gasteiger charge is 1.98. The van der Waals surface area contributed by atoms with E-state index in [9.17, 15) is 4.79 Å². The molecule has 0 atom stereocenters. The number of hydrogen-bond acceptors (Lipinski definition) is 4. The fourth-order valence-corrected chi connectivity index (χ4v) is 1.06. The van der Waals surface area contributed by atoms with Crippen molar-refractivity contribution in [1.82, 2.24) is 10.6 Å². The monoisotopic (exact) mass is 212 g/mol. The van der Waals surface area contributed by atoms with Gasteiger partial charge in [-0.1, -0.05) is 0 Å². The summed E-state index contributed by atoms with van der Waals surface area (Å²) in [5.41, 5.74) is 0. The quantitative estimate of drug-likeness (QED) is 0.693. The number of hydrogen-bond donors (Lipinski definition) is 2.